The molecule has 4 aliphatic rings. The van der Waals surface area contributed by atoms with Gasteiger partial charge in [-0.2, -0.15) is 0 Å². The largest absolute Gasteiger partial charge is 0.333 e. The molecule has 0 spiro atoms. The smallest absolute Gasteiger partial charge is 0.0629 e. The Bertz CT molecular complexity index is 3920. The van der Waals surface area contributed by atoms with E-state index < -0.39 is 0 Å². The summed E-state index contributed by atoms with van der Waals surface area (Å²) in [4.78, 5) is 5.00. The molecule has 9 aromatic carbocycles. The number of rotatable bonds is 8. The lowest BCUT2D eigenvalue weighted by molar-refractivity contribution is 0.660. The van der Waals surface area contributed by atoms with Gasteiger partial charge in [-0.05, 0) is 152 Å². The highest BCUT2D eigenvalue weighted by Gasteiger charge is 2.40. The van der Waals surface area contributed by atoms with Crippen LogP contribution in [0.3, 0.4) is 0 Å². The van der Waals surface area contributed by atoms with Crippen LogP contribution in [-0.2, 0) is 5.41 Å². The van der Waals surface area contributed by atoms with Gasteiger partial charge in [0.25, 0.3) is 0 Å². The van der Waals surface area contributed by atoms with Crippen LogP contribution >= 0.6 is 11.3 Å². The fourth-order valence-electron chi connectivity index (χ4n) is 12.4. The van der Waals surface area contributed by atoms with E-state index in [0.29, 0.717) is 0 Å². The van der Waals surface area contributed by atoms with Gasteiger partial charge in [0.05, 0.1) is 11.7 Å². The molecular weight excluding hydrogens is 889 g/mol. The fraction of sp³-hybridized carbons (Fsp3) is 0.101. The van der Waals surface area contributed by atoms with Crippen molar-refractivity contribution in [1.82, 2.24) is 0 Å². The molecule has 2 nitrogen and oxygen atoms in total. The van der Waals surface area contributed by atoms with Crippen LogP contribution in [0.15, 0.2) is 243 Å². The molecule has 2 heterocycles. The molecule has 0 amide bonds. The number of benzene rings is 9. The van der Waals surface area contributed by atoms with Crippen molar-refractivity contribution in [2.24, 2.45) is 0 Å². The molecule has 1 aromatic heterocycles. The molecular formula is C69H52N2S. The van der Waals surface area contributed by atoms with Gasteiger partial charge in [0, 0.05) is 59.8 Å². The van der Waals surface area contributed by atoms with Crippen molar-refractivity contribution in [3.63, 3.8) is 0 Å². The second-order valence-corrected chi connectivity index (χ2v) is 21.3. The van der Waals surface area contributed by atoms with Crippen molar-refractivity contribution in [3.8, 4) is 44.5 Å². The molecule has 2 atom stereocenters. The Morgan fingerprint density at radius 2 is 1.25 bits per heavy atom. The zero-order valence-electron chi connectivity index (χ0n) is 40.5. The van der Waals surface area contributed by atoms with E-state index in [0.717, 1.165) is 29.9 Å². The highest BCUT2D eigenvalue weighted by atomic mass is 32.1. The molecule has 0 saturated carbocycles. The summed E-state index contributed by atoms with van der Waals surface area (Å²) < 4.78 is 2.64. The quantitative estimate of drug-likeness (QED) is 0.150. The van der Waals surface area contributed by atoms with Gasteiger partial charge in [0.2, 0.25) is 0 Å². The minimum Gasteiger partial charge on any atom is -0.333 e. The number of hydrogen-bond donors (Lipinski definition) is 0. The standard InChI is InChI=1S/C69H52N2S/c1-69(2)60-41-37-48(43-59(60)56-40-36-49(44-61(56)69)55-27-16-31-64-67(55)57-25-10-13-30-63(57)71(64)50-21-7-4-8-22-50)53-24-9-12-29-62(53)70(52-23-15-20-47(42-52)45-18-5-3-6-19-45)51-38-34-46(35-39-51)54-28-17-33-66-68(54)58-26-11-14-32-65(58)72-66/h4-5,7-44,57,63H,3,6H2,1-2H3. The molecule has 14 rings (SSSR count). The minimum atomic E-state index is -0.182. The lowest BCUT2D eigenvalue weighted by Gasteiger charge is -2.29. The van der Waals surface area contributed by atoms with Crippen molar-refractivity contribution >= 4 is 65.5 Å². The lowest BCUT2D eigenvalue weighted by atomic mass is 9.80. The lowest BCUT2D eigenvalue weighted by Crippen LogP contribution is -2.28. The van der Waals surface area contributed by atoms with Crippen molar-refractivity contribution in [1.29, 1.82) is 0 Å². The van der Waals surface area contributed by atoms with Gasteiger partial charge in [-0.15, -0.1) is 11.3 Å². The van der Waals surface area contributed by atoms with Crippen molar-refractivity contribution in [2.75, 3.05) is 9.80 Å². The Labute approximate surface area is 426 Å². The highest BCUT2D eigenvalue weighted by Crippen LogP contribution is 2.55. The van der Waals surface area contributed by atoms with Crippen LogP contribution in [0.2, 0.25) is 0 Å². The normalized spacial score (nSPS) is 16.9. The van der Waals surface area contributed by atoms with Gasteiger partial charge in [-0.1, -0.05) is 184 Å². The summed E-state index contributed by atoms with van der Waals surface area (Å²) in [5.41, 5.74) is 22.5. The number of para-hydroxylation sites is 2. The second kappa shape index (κ2) is 17.0. The van der Waals surface area contributed by atoms with E-state index in [9.17, 15) is 0 Å². The van der Waals surface area contributed by atoms with Gasteiger partial charge in [-0.25, -0.2) is 0 Å². The number of nitrogens with zero attached hydrogens (tertiary/aromatic N) is 2. The number of thiophene rings is 1. The molecule has 0 radical (unpaired) electrons. The molecule has 2 unspecified atom stereocenters. The number of hydrogen-bond acceptors (Lipinski definition) is 3. The monoisotopic (exact) mass is 940 g/mol. The van der Waals surface area contributed by atoms with Crippen LogP contribution < -0.4 is 9.80 Å². The maximum absolute atomic E-state index is 2.53. The number of allylic oxidation sites excluding steroid dienone is 6. The molecule has 0 bridgehead atoms. The Morgan fingerprint density at radius 1 is 0.514 bits per heavy atom. The summed E-state index contributed by atoms with van der Waals surface area (Å²) in [5, 5.41) is 2.65. The summed E-state index contributed by atoms with van der Waals surface area (Å²) in [7, 11) is 0. The van der Waals surface area contributed by atoms with E-state index in [1.165, 1.54) is 104 Å². The summed E-state index contributed by atoms with van der Waals surface area (Å²) in [6.45, 7) is 4.81. The maximum Gasteiger partial charge on any atom is 0.0629 e. The Morgan fingerprint density at radius 3 is 2.14 bits per heavy atom. The topological polar surface area (TPSA) is 6.48 Å². The van der Waals surface area contributed by atoms with Crippen LogP contribution in [0.5, 0.6) is 0 Å². The zero-order chi connectivity index (χ0) is 47.9. The number of fused-ring (bicyclic) bond motifs is 9. The Balaban J connectivity index is 0.870. The predicted octanol–water partition coefficient (Wildman–Crippen LogP) is 19.3. The molecule has 10 aromatic rings. The fourth-order valence-corrected chi connectivity index (χ4v) is 13.6. The van der Waals surface area contributed by atoms with Crippen molar-refractivity contribution in [2.45, 2.75) is 44.1 Å². The Hall–Kier alpha value is -8.24. The third kappa shape index (κ3) is 6.83. The third-order valence-corrected chi connectivity index (χ3v) is 17.0. The van der Waals surface area contributed by atoms with Crippen molar-refractivity contribution < 1.29 is 0 Å². The maximum atomic E-state index is 2.53. The van der Waals surface area contributed by atoms with E-state index in [-0.39, 0.29) is 17.4 Å². The van der Waals surface area contributed by atoms with Gasteiger partial charge < -0.3 is 9.80 Å². The van der Waals surface area contributed by atoms with Crippen LogP contribution in [-0.4, -0.2) is 6.04 Å². The first-order valence-electron chi connectivity index (χ1n) is 25.5. The van der Waals surface area contributed by atoms with Crippen LogP contribution in [0, 0.1) is 0 Å². The van der Waals surface area contributed by atoms with E-state index in [2.05, 4.69) is 266 Å². The first-order chi connectivity index (χ1) is 35.5. The molecule has 3 aliphatic carbocycles. The molecule has 1 aliphatic heterocycles. The zero-order valence-corrected chi connectivity index (χ0v) is 41.3. The molecule has 344 valence electrons. The summed E-state index contributed by atoms with van der Waals surface area (Å²) in [6, 6.07) is 75.4. The molecule has 0 fully saturated rings. The van der Waals surface area contributed by atoms with Gasteiger partial charge in [0.15, 0.2) is 0 Å². The van der Waals surface area contributed by atoms with E-state index in [1.807, 2.05) is 11.3 Å². The minimum absolute atomic E-state index is 0.182. The summed E-state index contributed by atoms with van der Waals surface area (Å²) in [5.74, 6) is 0.269. The van der Waals surface area contributed by atoms with Gasteiger partial charge in [-0.3, -0.25) is 0 Å². The van der Waals surface area contributed by atoms with Gasteiger partial charge >= 0.3 is 0 Å². The van der Waals surface area contributed by atoms with Crippen molar-refractivity contribution in [3.05, 3.63) is 265 Å². The second-order valence-electron chi connectivity index (χ2n) is 20.2. The molecule has 3 heteroatoms. The highest BCUT2D eigenvalue weighted by molar-refractivity contribution is 7.25. The van der Waals surface area contributed by atoms with E-state index in [4.69, 9.17) is 0 Å². The van der Waals surface area contributed by atoms with Crippen LogP contribution in [0.1, 0.15) is 54.9 Å². The first kappa shape index (κ1) is 42.6. The first-order valence-corrected chi connectivity index (χ1v) is 26.3. The number of anilines is 5. The molecule has 0 saturated heterocycles. The average molecular weight is 941 g/mol. The third-order valence-electron chi connectivity index (χ3n) is 15.8. The molecule has 0 N–H and O–H groups in total. The predicted molar refractivity (Wildman–Crippen MR) is 308 cm³/mol. The van der Waals surface area contributed by atoms with E-state index >= 15 is 0 Å². The van der Waals surface area contributed by atoms with E-state index in [1.54, 1.807) is 0 Å². The van der Waals surface area contributed by atoms with Crippen LogP contribution in [0.25, 0.3) is 70.3 Å². The Kier molecular flexibility index (Phi) is 10.0. The molecule has 72 heavy (non-hydrogen) atoms. The summed E-state index contributed by atoms with van der Waals surface area (Å²) in [6.07, 6.45) is 18.3. The van der Waals surface area contributed by atoms with Crippen LogP contribution in [0.4, 0.5) is 28.4 Å². The summed E-state index contributed by atoms with van der Waals surface area (Å²) >= 11 is 1.87. The van der Waals surface area contributed by atoms with Gasteiger partial charge in [0.1, 0.15) is 0 Å². The SMILES string of the molecule is CC1(C)c2ccc(-c3ccccc3N(c3ccc(-c4cccc5sc6ccccc6c45)cc3)c3cccc(C4=CCCC=C4)c3)cc2-c2ccc(-c3cccc4c3C3C=CC=CC3N4c3ccccc3)cc21. The average Bonchev–Trinajstić information content (AvgIpc) is 4.07.